The van der Waals surface area contributed by atoms with E-state index in [9.17, 15) is 22.4 Å². The van der Waals surface area contributed by atoms with Crippen molar-refractivity contribution in [3.63, 3.8) is 0 Å². The molecule has 1 unspecified atom stereocenters. The lowest BCUT2D eigenvalue weighted by molar-refractivity contribution is -0.136. The maximum absolute atomic E-state index is 12.8. The SMILES string of the molecule is CCN(C(=O)COC(=O)c1ccc(F)cc1)C1CCS(=O)(=O)C1. The van der Waals surface area contributed by atoms with Gasteiger partial charge in [-0.1, -0.05) is 0 Å². The number of ether oxygens (including phenoxy) is 1. The van der Waals surface area contributed by atoms with Crippen molar-refractivity contribution in [2.75, 3.05) is 24.7 Å². The first-order valence-electron chi connectivity index (χ1n) is 7.25. The molecule has 1 amide bonds. The lowest BCUT2D eigenvalue weighted by atomic mass is 10.2. The van der Waals surface area contributed by atoms with E-state index in [-0.39, 0.29) is 23.1 Å². The molecule has 0 aliphatic carbocycles. The molecule has 126 valence electrons. The molecule has 1 heterocycles. The molecule has 0 bridgehead atoms. The van der Waals surface area contributed by atoms with E-state index < -0.39 is 34.1 Å². The van der Waals surface area contributed by atoms with Crippen LogP contribution in [-0.4, -0.2) is 55.9 Å². The standard InChI is InChI=1S/C15H18FNO5S/c1-2-17(13-7-8-23(20,21)10-13)14(18)9-22-15(19)11-3-5-12(16)6-4-11/h3-6,13H,2,7-10H2,1H3. The molecule has 1 aromatic carbocycles. The van der Waals surface area contributed by atoms with Gasteiger partial charge < -0.3 is 9.64 Å². The Hall–Kier alpha value is -1.96. The molecule has 1 fully saturated rings. The van der Waals surface area contributed by atoms with Gasteiger partial charge in [-0.25, -0.2) is 17.6 Å². The van der Waals surface area contributed by atoms with Gasteiger partial charge in [0.1, 0.15) is 5.82 Å². The Kier molecular flexibility index (Phi) is 5.35. The van der Waals surface area contributed by atoms with Crippen LogP contribution in [0.15, 0.2) is 24.3 Å². The number of carbonyl (C=O) groups excluding carboxylic acids is 2. The zero-order valence-electron chi connectivity index (χ0n) is 12.7. The van der Waals surface area contributed by atoms with Crippen molar-refractivity contribution in [2.24, 2.45) is 0 Å². The van der Waals surface area contributed by atoms with E-state index in [0.717, 1.165) is 12.1 Å². The van der Waals surface area contributed by atoms with Gasteiger partial charge in [-0.05, 0) is 37.6 Å². The number of likely N-dealkylation sites (N-methyl/N-ethyl adjacent to an activating group) is 1. The molecular weight excluding hydrogens is 325 g/mol. The van der Waals surface area contributed by atoms with Crippen molar-refractivity contribution in [2.45, 2.75) is 19.4 Å². The van der Waals surface area contributed by atoms with Crippen molar-refractivity contribution >= 4 is 21.7 Å². The number of hydrogen-bond donors (Lipinski definition) is 0. The molecule has 6 nitrogen and oxygen atoms in total. The Balaban J connectivity index is 1.92. The van der Waals surface area contributed by atoms with E-state index >= 15 is 0 Å². The van der Waals surface area contributed by atoms with Crippen molar-refractivity contribution in [1.82, 2.24) is 4.90 Å². The van der Waals surface area contributed by atoms with E-state index in [2.05, 4.69) is 0 Å². The minimum absolute atomic E-state index is 0.0571. The van der Waals surface area contributed by atoms with Crippen molar-refractivity contribution < 1.29 is 27.1 Å². The molecule has 0 radical (unpaired) electrons. The Labute approximate surface area is 134 Å². The molecule has 2 rings (SSSR count). The summed E-state index contributed by atoms with van der Waals surface area (Å²) in [6.07, 6.45) is 0.397. The van der Waals surface area contributed by atoms with Crippen molar-refractivity contribution in [3.05, 3.63) is 35.6 Å². The van der Waals surface area contributed by atoms with Crippen LogP contribution >= 0.6 is 0 Å². The molecule has 0 aromatic heterocycles. The van der Waals surface area contributed by atoms with Gasteiger partial charge in [0.15, 0.2) is 16.4 Å². The number of carbonyl (C=O) groups is 2. The fourth-order valence-corrected chi connectivity index (χ4v) is 4.27. The Bertz CT molecular complexity index is 686. The van der Waals surface area contributed by atoms with Crippen LogP contribution in [0.5, 0.6) is 0 Å². The Morgan fingerprint density at radius 2 is 1.96 bits per heavy atom. The molecule has 0 N–H and O–H groups in total. The highest BCUT2D eigenvalue weighted by Crippen LogP contribution is 2.18. The lowest BCUT2D eigenvalue weighted by Gasteiger charge is -2.26. The number of hydrogen-bond acceptors (Lipinski definition) is 5. The predicted octanol–water partition coefficient (Wildman–Crippen LogP) is 1.02. The van der Waals surface area contributed by atoms with Gasteiger partial charge in [-0.3, -0.25) is 4.79 Å². The number of halogens is 1. The zero-order chi connectivity index (χ0) is 17.0. The molecule has 23 heavy (non-hydrogen) atoms. The summed E-state index contributed by atoms with van der Waals surface area (Å²) in [6.45, 7) is 1.61. The highest BCUT2D eigenvalue weighted by atomic mass is 32.2. The van der Waals surface area contributed by atoms with E-state index in [1.165, 1.54) is 17.0 Å². The summed E-state index contributed by atoms with van der Waals surface area (Å²) in [5.41, 5.74) is 0.144. The average molecular weight is 343 g/mol. The maximum Gasteiger partial charge on any atom is 0.338 e. The average Bonchev–Trinajstić information content (AvgIpc) is 2.86. The van der Waals surface area contributed by atoms with E-state index in [4.69, 9.17) is 4.74 Å². The third-order valence-corrected chi connectivity index (χ3v) is 5.47. The van der Waals surface area contributed by atoms with Crippen LogP contribution in [0, 0.1) is 5.82 Å². The van der Waals surface area contributed by atoms with Crippen molar-refractivity contribution in [3.8, 4) is 0 Å². The monoisotopic (exact) mass is 343 g/mol. The van der Waals surface area contributed by atoms with Gasteiger partial charge in [0.25, 0.3) is 5.91 Å². The summed E-state index contributed by atoms with van der Waals surface area (Å²) < 4.78 is 40.7. The molecule has 0 spiro atoms. The van der Waals surface area contributed by atoms with Gasteiger partial charge >= 0.3 is 5.97 Å². The van der Waals surface area contributed by atoms with Crippen LogP contribution < -0.4 is 0 Å². The molecular formula is C15H18FNO5S. The highest BCUT2D eigenvalue weighted by molar-refractivity contribution is 7.91. The third kappa shape index (κ3) is 4.51. The van der Waals surface area contributed by atoms with Crippen LogP contribution in [0.2, 0.25) is 0 Å². The van der Waals surface area contributed by atoms with E-state index in [0.29, 0.717) is 13.0 Å². The van der Waals surface area contributed by atoms with E-state index in [1.54, 1.807) is 6.92 Å². The Morgan fingerprint density at radius 1 is 1.30 bits per heavy atom. The summed E-state index contributed by atoms with van der Waals surface area (Å²) in [7, 11) is -3.10. The fraction of sp³-hybridized carbons (Fsp3) is 0.467. The molecule has 1 aromatic rings. The topological polar surface area (TPSA) is 80.8 Å². The smallest absolute Gasteiger partial charge is 0.338 e. The quantitative estimate of drug-likeness (QED) is 0.746. The number of benzene rings is 1. The zero-order valence-corrected chi connectivity index (χ0v) is 13.5. The van der Waals surface area contributed by atoms with E-state index in [1.807, 2.05) is 0 Å². The Morgan fingerprint density at radius 3 is 2.48 bits per heavy atom. The number of sulfone groups is 1. The molecule has 1 saturated heterocycles. The first-order chi connectivity index (χ1) is 10.8. The summed E-state index contributed by atoms with van der Waals surface area (Å²) in [4.78, 5) is 25.4. The van der Waals surface area contributed by atoms with Gasteiger partial charge in [0, 0.05) is 12.6 Å². The number of amides is 1. The first kappa shape index (κ1) is 17.4. The second kappa shape index (κ2) is 7.08. The highest BCUT2D eigenvalue weighted by Gasteiger charge is 2.34. The molecule has 8 heteroatoms. The fourth-order valence-electron chi connectivity index (χ4n) is 2.54. The number of rotatable bonds is 5. The summed E-state index contributed by atoms with van der Waals surface area (Å²) >= 11 is 0. The van der Waals surface area contributed by atoms with Crippen molar-refractivity contribution in [1.29, 1.82) is 0 Å². The minimum Gasteiger partial charge on any atom is -0.452 e. The van der Waals surface area contributed by atoms with Crippen LogP contribution in [-0.2, 0) is 19.4 Å². The van der Waals surface area contributed by atoms with Gasteiger partial charge in [-0.15, -0.1) is 0 Å². The molecule has 0 saturated carbocycles. The predicted molar refractivity (Wildman–Crippen MR) is 81.1 cm³/mol. The summed E-state index contributed by atoms with van der Waals surface area (Å²) in [5.74, 6) is -1.63. The normalized spacial score (nSPS) is 19.3. The second-order valence-electron chi connectivity index (χ2n) is 5.32. The van der Waals surface area contributed by atoms with Gasteiger partial charge in [0.2, 0.25) is 0 Å². The molecule has 1 atom stereocenters. The number of nitrogens with zero attached hydrogens (tertiary/aromatic N) is 1. The van der Waals surface area contributed by atoms with Gasteiger partial charge in [-0.2, -0.15) is 0 Å². The summed E-state index contributed by atoms with van der Waals surface area (Å²) in [6, 6.07) is 4.41. The van der Waals surface area contributed by atoms with Gasteiger partial charge in [0.05, 0.1) is 17.1 Å². The maximum atomic E-state index is 12.8. The second-order valence-corrected chi connectivity index (χ2v) is 7.55. The number of esters is 1. The lowest BCUT2D eigenvalue weighted by Crippen LogP contribution is -2.43. The largest absolute Gasteiger partial charge is 0.452 e. The summed E-state index contributed by atoms with van der Waals surface area (Å²) in [5, 5.41) is 0. The first-order valence-corrected chi connectivity index (χ1v) is 9.07. The van der Waals surface area contributed by atoms with Crippen LogP contribution in [0.4, 0.5) is 4.39 Å². The van der Waals surface area contributed by atoms with Crippen LogP contribution in [0.1, 0.15) is 23.7 Å². The minimum atomic E-state index is -3.10. The molecule has 1 aliphatic heterocycles. The molecule has 1 aliphatic rings. The van der Waals surface area contributed by atoms with Crippen LogP contribution in [0.25, 0.3) is 0 Å². The van der Waals surface area contributed by atoms with Crippen LogP contribution in [0.3, 0.4) is 0 Å². The third-order valence-electron chi connectivity index (χ3n) is 3.72.